The number of benzene rings is 2. The van der Waals surface area contributed by atoms with Gasteiger partial charge in [0.15, 0.2) is 0 Å². The van der Waals surface area contributed by atoms with Gasteiger partial charge in [-0.1, -0.05) is 11.6 Å². The molecule has 5 heteroatoms. The number of hydrogen-bond donors (Lipinski definition) is 2. The van der Waals surface area contributed by atoms with Gasteiger partial charge in [0.2, 0.25) is 0 Å². The highest BCUT2D eigenvalue weighted by Crippen LogP contribution is 2.31. The van der Waals surface area contributed by atoms with Crippen molar-refractivity contribution in [2.45, 2.75) is 13.8 Å². The number of ether oxygens (including phenoxy) is 1. The Morgan fingerprint density at radius 3 is 2.52 bits per heavy atom. The molecular formula is C16H16ClNO3. The lowest BCUT2D eigenvalue weighted by atomic mass is 10.1. The van der Waals surface area contributed by atoms with Gasteiger partial charge in [0.1, 0.15) is 11.5 Å². The highest BCUT2D eigenvalue weighted by Gasteiger charge is 2.13. The van der Waals surface area contributed by atoms with Gasteiger partial charge >= 0.3 is 0 Å². The number of aryl methyl sites for hydroxylation is 2. The van der Waals surface area contributed by atoms with Crippen molar-refractivity contribution >= 4 is 23.2 Å². The summed E-state index contributed by atoms with van der Waals surface area (Å²) in [6, 6.07) is 8.02. The average molecular weight is 306 g/mol. The minimum atomic E-state index is -0.271. The number of nitrogens with one attached hydrogen (secondary N) is 1. The molecule has 2 rings (SSSR count). The van der Waals surface area contributed by atoms with E-state index >= 15 is 0 Å². The molecule has 0 heterocycles. The van der Waals surface area contributed by atoms with Crippen molar-refractivity contribution in [1.29, 1.82) is 0 Å². The summed E-state index contributed by atoms with van der Waals surface area (Å²) in [4.78, 5) is 12.3. The normalized spacial score (nSPS) is 10.3. The van der Waals surface area contributed by atoms with Crippen LogP contribution in [0.3, 0.4) is 0 Å². The maximum atomic E-state index is 12.3. The van der Waals surface area contributed by atoms with Gasteiger partial charge in [-0.2, -0.15) is 0 Å². The van der Waals surface area contributed by atoms with Crippen LogP contribution in [0.15, 0.2) is 30.3 Å². The summed E-state index contributed by atoms with van der Waals surface area (Å²) in [6.45, 7) is 3.61. The molecule has 2 aromatic rings. The van der Waals surface area contributed by atoms with E-state index in [2.05, 4.69) is 5.32 Å². The van der Waals surface area contributed by atoms with Gasteiger partial charge in [0.25, 0.3) is 5.91 Å². The Balaban J connectivity index is 2.33. The van der Waals surface area contributed by atoms with Gasteiger partial charge in [0.05, 0.1) is 12.8 Å². The van der Waals surface area contributed by atoms with Crippen LogP contribution in [-0.2, 0) is 0 Å². The number of phenols is 1. The van der Waals surface area contributed by atoms with Gasteiger partial charge in [-0.05, 0) is 49.2 Å². The molecule has 0 bridgehead atoms. The molecular weight excluding hydrogens is 290 g/mol. The number of halogens is 1. The number of phenolic OH excluding ortho intramolecular Hbond substituents is 1. The molecule has 2 aromatic carbocycles. The first kappa shape index (κ1) is 15.2. The molecule has 110 valence electrons. The Morgan fingerprint density at radius 2 is 1.90 bits per heavy atom. The van der Waals surface area contributed by atoms with Crippen molar-refractivity contribution in [2.24, 2.45) is 0 Å². The molecule has 4 nitrogen and oxygen atoms in total. The van der Waals surface area contributed by atoms with Gasteiger partial charge in [-0.15, -0.1) is 0 Å². The van der Waals surface area contributed by atoms with Crippen LogP contribution in [-0.4, -0.2) is 18.1 Å². The molecule has 0 aliphatic rings. The fourth-order valence-electron chi connectivity index (χ4n) is 2.02. The number of rotatable bonds is 3. The summed E-state index contributed by atoms with van der Waals surface area (Å²) in [5.41, 5.74) is 2.58. The van der Waals surface area contributed by atoms with Gasteiger partial charge in [0, 0.05) is 16.7 Å². The van der Waals surface area contributed by atoms with Gasteiger partial charge < -0.3 is 15.2 Å². The number of carbonyl (C=O) groups excluding carboxylic acids is 1. The van der Waals surface area contributed by atoms with Crippen LogP contribution in [0.2, 0.25) is 5.02 Å². The highest BCUT2D eigenvalue weighted by atomic mass is 35.5. The monoisotopic (exact) mass is 305 g/mol. The number of methoxy groups -OCH3 is 1. The molecule has 0 aliphatic carbocycles. The van der Waals surface area contributed by atoms with E-state index in [0.29, 0.717) is 27.6 Å². The first-order valence-corrected chi connectivity index (χ1v) is 6.75. The van der Waals surface area contributed by atoms with E-state index < -0.39 is 0 Å². The third-order valence-electron chi connectivity index (χ3n) is 3.18. The van der Waals surface area contributed by atoms with E-state index in [9.17, 15) is 9.90 Å². The largest absolute Gasteiger partial charge is 0.508 e. The molecule has 0 fully saturated rings. The number of amides is 1. The molecule has 0 saturated heterocycles. The molecule has 0 unspecified atom stereocenters. The maximum Gasteiger partial charge on any atom is 0.256 e. The molecule has 21 heavy (non-hydrogen) atoms. The first-order chi connectivity index (χ1) is 9.92. The van der Waals surface area contributed by atoms with Crippen LogP contribution < -0.4 is 10.1 Å². The fourth-order valence-corrected chi connectivity index (χ4v) is 2.18. The van der Waals surface area contributed by atoms with Crippen molar-refractivity contribution in [3.8, 4) is 11.5 Å². The average Bonchev–Trinajstić information content (AvgIpc) is 2.42. The Hall–Kier alpha value is -2.20. The predicted octanol–water partition coefficient (Wildman–Crippen LogP) is 3.92. The van der Waals surface area contributed by atoms with Gasteiger partial charge in [-0.25, -0.2) is 0 Å². The molecule has 0 spiro atoms. The third kappa shape index (κ3) is 3.28. The zero-order valence-electron chi connectivity index (χ0n) is 12.0. The second-order valence-electron chi connectivity index (χ2n) is 4.76. The van der Waals surface area contributed by atoms with E-state index in [-0.39, 0.29) is 11.7 Å². The van der Waals surface area contributed by atoms with Crippen LogP contribution in [0, 0.1) is 13.8 Å². The zero-order valence-corrected chi connectivity index (χ0v) is 12.8. The minimum absolute atomic E-state index is 0.129. The van der Waals surface area contributed by atoms with Crippen LogP contribution in [0.25, 0.3) is 0 Å². The van der Waals surface area contributed by atoms with Crippen molar-refractivity contribution in [1.82, 2.24) is 0 Å². The molecule has 0 aromatic heterocycles. The Labute approximate surface area is 128 Å². The molecule has 1 amide bonds. The first-order valence-electron chi connectivity index (χ1n) is 6.37. The topological polar surface area (TPSA) is 58.6 Å². The number of hydrogen-bond acceptors (Lipinski definition) is 3. The van der Waals surface area contributed by atoms with E-state index in [1.54, 1.807) is 31.2 Å². The number of aromatic hydroxyl groups is 1. The van der Waals surface area contributed by atoms with Crippen molar-refractivity contribution in [3.05, 3.63) is 52.0 Å². The van der Waals surface area contributed by atoms with Crippen molar-refractivity contribution in [2.75, 3.05) is 12.4 Å². The minimum Gasteiger partial charge on any atom is -0.508 e. The summed E-state index contributed by atoms with van der Waals surface area (Å²) in [7, 11) is 1.52. The Kier molecular flexibility index (Phi) is 4.38. The Morgan fingerprint density at radius 1 is 1.19 bits per heavy atom. The fraction of sp³-hybridized carbons (Fsp3) is 0.188. The van der Waals surface area contributed by atoms with Crippen LogP contribution in [0.5, 0.6) is 11.5 Å². The van der Waals surface area contributed by atoms with Crippen LogP contribution in [0.4, 0.5) is 5.69 Å². The highest BCUT2D eigenvalue weighted by molar-refractivity contribution is 6.31. The lowest BCUT2D eigenvalue weighted by Gasteiger charge is -2.13. The second-order valence-corrected chi connectivity index (χ2v) is 5.16. The summed E-state index contributed by atoms with van der Waals surface area (Å²) in [5.74, 6) is 0.354. The molecule has 0 atom stereocenters. The maximum absolute atomic E-state index is 12.3. The zero-order chi connectivity index (χ0) is 15.6. The standard InChI is InChI=1S/C16H16ClNO3/c1-9-6-11(19)4-5-12(9)16(20)18-14-7-10(2)13(17)8-15(14)21-3/h4-8,19H,1-3H3,(H,18,20). The van der Waals surface area contributed by atoms with E-state index in [4.69, 9.17) is 16.3 Å². The Bertz CT molecular complexity index is 698. The summed E-state index contributed by atoms with van der Waals surface area (Å²) in [5, 5.41) is 12.8. The second kappa shape index (κ2) is 6.06. The van der Waals surface area contributed by atoms with E-state index in [1.165, 1.54) is 13.2 Å². The smallest absolute Gasteiger partial charge is 0.256 e. The van der Waals surface area contributed by atoms with E-state index in [0.717, 1.165) is 5.56 Å². The molecule has 0 saturated carbocycles. The number of carbonyl (C=O) groups is 1. The predicted molar refractivity (Wildman–Crippen MR) is 83.5 cm³/mol. The van der Waals surface area contributed by atoms with Gasteiger partial charge in [-0.3, -0.25) is 4.79 Å². The number of anilines is 1. The molecule has 0 radical (unpaired) electrons. The van der Waals surface area contributed by atoms with Crippen LogP contribution in [0.1, 0.15) is 21.5 Å². The molecule has 2 N–H and O–H groups in total. The lowest BCUT2D eigenvalue weighted by Crippen LogP contribution is -2.14. The van der Waals surface area contributed by atoms with E-state index in [1.807, 2.05) is 6.92 Å². The quantitative estimate of drug-likeness (QED) is 0.903. The van der Waals surface area contributed by atoms with Crippen LogP contribution >= 0.6 is 11.6 Å². The summed E-state index contributed by atoms with van der Waals surface area (Å²) in [6.07, 6.45) is 0. The lowest BCUT2D eigenvalue weighted by molar-refractivity contribution is 0.102. The third-order valence-corrected chi connectivity index (χ3v) is 3.59. The summed E-state index contributed by atoms with van der Waals surface area (Å²) >= 11 is 6.04. The van der Waals surface area contributed by atoms with Crippen molar-refractivity contribution < 1.29 is 14.6 Å². The van der Waals surface area contributed by atoms with Crippen molar-refractivity contribution in [3.63, 3.8) is 0 Å². The summed E-state index contributed by atoms with van der Waals surface area (Å²) < 4.78 is 5.23. The molecule has 0 aliphatic heterocycles. The SMILES string of the molecule is COc1cc(Cl)c(C)cc1NC(=O)c1ccc(O)cc1C.